The molecule has 4 unspecified atom stereocenters. The number of rotatable bonds is 3. The number of nitrogens with zero attached hydrogens (tertiary/aromatic N) is 1. The van der Waals surface area contributed by atoms with Crippen LogP contribution < -0.4 is 5.32 Å². The Hall–Kier alpha value is -0.0800. The lowest BCUT2D eigenvalue weighted by molar-refractivity contribution is 0.0442. The van der Waals surface area contributed by atoms with Crippen LogP contribution in [0.2, 0.25) is 0 Å². The van der Waals surface area contributed by atoms with Gasteiger partial charge in [-0.05, 0) is 44.1 Å². The first-order valence-electron chi connectivity index (χ1n) is 7.95. The highest BCUT2D eigenvalue weighted by atomic mass is 15.2. The van der Waals surface area contributed by atoms with Crippen LogP contribution in [0.3, 0.4) is 0 Å². The number of nitrogens with one attached hydrogen (secondary N) is 1. The Labute approximate surface area is 114 Å². The second-order valence-corrected chi connectivity index (χ2v) is 7.37. The quantitative estimate of drug-likeness (QED) is 0.829. The molecule has 0 spiro atoms. The Bertz CT molecular complexity index is 274. The van der Waals surface area contributed by atoms with E-state index in [1.165, 1.54) is 32.2 Å². The fourth-order valence-corrected chi connectivity index (χ4v) is 4.39. The van der Waals surface area contributed by atoms with Gasteiger partial charge >= 0.3 is 0 Å². The molecular weight excluding hydrogens is 220 g/mol. The van der Waals surface area contributed by atoms with Gasteiger partial charge in [0, 0.05) is 24.7 Å². The smallest absolute Gasteiger partial charge is 0.0274 e. The van der Waals surface area contributed by atoms with Gasteiger partial charge in [0.25, 0.3) is 0 Å². The van der Waals surface area contributed by atoms with Gasteiger partial charge in [0.15, 0.2) is 0 Å². The van der Waals surface area contributed by atoms with E-state index in [0.29, 0.717) is 11.5 Å². The van der Waals surface area contributed by atoms with Crippen molar-refractivity contribution in [3.05, 3.63) is 0 Å². The molecule has 1 saturated carbocycles. The highest BCUT2D eigenvalue weighted by Gasteiger charge is 2.43. The van der Waals surface area contributed by atoms with Gasteiger partial charge in [0.05, 0.1) is 0 Å². The van der Waals surface area contributed by atoms with Gasteiger partial charge < -0.3 is 5.32 Å². The Balaban J connectivity index is 2.13. The lowest BCUT2D eigenvalue weighted by Gasteiger charge is -2.49. The molecule has 4 atom stereocenters. The van der Waals surface area contributed by atoms with Crippen molar-refractivity contribution in [3.63, 3.8) is 0 Å². The van der Waals surface area contributed by atoms with Crippen molar-refractivity contribution in [2.75, 3.05) is 13.1 Å². The molecule has 0 radical (unpaired) electrons. The monoisotopic (exact) mass is 252 g/mol. The van der Waals surface area contributed by atoms with E-state index >= 15 is 0 Å². The first-order chi connectivity index (χ1) is 8.45. The Morgan fingerprint density at radius 1 is 1.28 bits per heavy atom. The third-order valence-corrected chi connectivity index (χ3v) is 5.23. The van der Waals surface area contributed by atoms with Gasteiger partial charge in [0.2, 0.25) is 0 Å². The topological polar surface area (TPSA) is 15.3 Å². The fraction of sp³-hybridized carbons (Fsp3) is 1.00. The van der Waals surface area contributed by atoms with Gasteiger partial charge in [-0.15, -0.1) is 0 Å². The summed E-state index contributed by atoms with van der Waals surface area (Å²) in [6, 6.07) is 2.21. The van der Waals surface area contributed by atoms with E-state index in [1.54, 1.807) is 0 Å². The van der Waals surface area contributed by atoms with Crippen molar-refractivity contribution in [2.24, 2.45) is 11.3 Å². The SMILES string of the molecule is CCNC1C(N2CC(C)CC2C)CCCC1(C)C. The van der Waals surface area contributed by atoms with Gasteiger partial charge in [-0.3, -0.25) is 4.90 Å². The average molecular weight is 252 g/mol. The zero-order valence-corrected chi connectivity index (χ0v) is 13.0. The molecule has 2 heteroatoms. The van der Waals surface area contributed by atoms with Crippen molar-refractivity contribution in [2.45, 2.75) is 78.4 Å². The van der Waals surface area contributed by atoms with Crippen molar-refractivity contribution in [3.8, 4) is 0 Å². The van der Waals surface area contributed by atoms with Gasteiger partial charge in [-0.25, -0.2) is 0 Å². The summed E-state index contributed by atoms with van der Waals surface area (Å²) in [5.74, 6) is 0.882. The number of likely N-dealkylation sites (N-methyl/N-ethyl adjacent to an activating group) is 1. The van der Waals surface area contributed by atoms with E-state index in [2.05, 4.69) is 44.8 Å². The van der Waals surface area contributed by atoms with E-state index in [4.69, 9.17) is 0 Å². The number of likely N-dealkylation sites (tertiary alicyclic amines) is 1. The molecule has 106 valence electrons. The summed E-state index contributed by atoms with van der Waals surface area (Å²) < 4.78 is 0. The molecule has 0 aromatic rings. The zero-order chi connectivity index (χ0) is 13.3. The average Bonchev–Trinajstić information content (AvgIpc) is 2.60. The highest BCUT2D eigenvalue weighted by Crippen LogP contribution is 2.40. The molecule has 2 aliphatic rings. The molecule has 2 rings (SSSR count). The fourth-order valence-electron chi connectivity index (χ4n) is 4.39. The third kappa shape index (κ3) is 2.75. The van der Waals surface area contributed by atoms with Crippen LogP contribution in [0.15, 0.2) is 0 Å². The maximum absolute atomic E-state index is 3.80. The van der Waals surface area contributed by atoms with Crippen molar-refractivity contribution in [1.29, 1.82) is 0 Å². The molecule has 0 bridgehead atoms. The van der Waals surface area contributed by atoms with Gasteiger partial charge in [-0.1, -0.05) is 34.1 Å². The second-order valence-electron chi connectivity index (χ2n) is 7.37. The molecule has 18 heavy (non-hydrogen) atoms. The zero-order valence-electron chi connectivity index (χ0n) is 13.0. The summed E-state index contributed by atoms with van der Waals surface area (Å²) in [5, 5.41) is 3.80. The van der Waals surface area contributed by atoms with E-state index < -0.39 is 0 Å². The summed E-state index contributed by atoms with van der Waals surface area (Å²) >= 11 is 0. The normalized spacial score (nSPS) is 41.2. The van der Waals surface area contributed by atoms with Crippen LogP contribution in [0.25, 0.3) is 0 Å². The Morgan fingerprint density at radius 2 is 2.00 bits per heavy atom. The predicted molar refractivity (Wildman–Crippen MR) is 78.8 cm³/mol. The minimum atomic E-state index is 0.449. The van der Waals surface area contributed by atoms with Crippen molar-refractivity contribution >= 4 is 0 Å². The number of hydrogen-bond acceptors (Lipinski definition) is 2. The lowest BCUT2D eigenvalue weighted by Crippen LogP contribution is -2.59. The van der Waals surface area contributed by atoms with Crippen LogP contribution in [0.1, 0.15) is 60.3 Å². The second kappa shape index (κ2) is 5.50. The predicted octanol–water partition coefficient (Wildman–Crippen LogP) is 3.27. The molecule has 0 amide bonds. The third-order valence-electron chi connectivity index (χ3n) is 5.23. The first kappa shape index (κ1) is 14.3. The standard InChI is InChI=1S/C16H32N2/c1-6-17-15-14(8-7-9-16(15,4)5)18-11-12(2)10-13(18)3/h12-15,17H,6-11H2,1-5H3. The van der Waals surface area contributed by atoms with Crippen LogP contribution in [0.4, 0.5) is 0 Å². The summed E-state index contributed by atoms with van der Waals surface area (Å²) in [5.41, 5.74) is 0.449. The lowest BCUT2D eigenvalue weighted by atomic mass is 9.70. The molecule has 0 aromatic carbocycles. The number of hydrogen-bond donors (Lipinski definition) is 1. The molecule has 0 aromatic heterocycles. The van der Waals surface area contributed by atoms with E-state index in [9.17, 15) is 0 Å². The molecule has 1 saturated heterocycles. The maximum atomic E-state index is 3.80. The minimum Gasteiger partial charge on any atom is -0.312 e. The molecule has 2 fully saturated rings. The van der Waals surface area contributed by atoms with Crippen LogP contribution in [-0.2, 0) is 0 Å². The molecule has 2 nitrogen and oxygen atoms in total. The summed E-state index contributed by atoms with van der Waals surface area (Å²) in [6.45, 7) is 14.4. The van der Waals surface area contributed by atoms with Crippen LogP contribution >= 0.6 is 0 Å². The molecular formula is C16H32N2. The van der Waals surface area contributed by atoms with Gasteiger partial charge in [0.1, 0.15) is 0 Å². The molecule has 1 heterocycles. The minimum absolute atomic E-state index is 0.449. The largest absolute Gasteiger partial charge is 0.312 e. The van der Waals surface area contributed by atoms with E-state index in [0.717, 1.165) is 24.5 Å². The molecule has 1 aliphatic heterocycles. The molecule has 1 N–H and O–H groups in total. The summed E-state index contributed by atoms with van der Waals surface area (Å²) in [4.78, 5) is 2.80. The van der Waals surface area contributed by atoms with Crippen molar-refractivity contribution in [1.82, 2.24) is 10.2 Å². The van der Waals surface area contributed by atoms with Crippen molar-refractivity contribution < 1.29 is 0 Å². The van der Waals surface area contributed by atoms with Crippen LogP contribution in [-0.4, -0.2) is 36.1 Å². The Kier molecular flexibility index (Phi) is 4.38. The van der Waals surface area contributed by atoms with Gasteiger partial charge in [-0.2, -0.15) is 0 Å². The Morgan fingerprint density at radius 3 is 2.56 bits per heavy atom. The first-order valence-corrected chi connectivity index (χ1v) is 7.95. The van der Waals surface area contributed by atoms with Crippen LogP contribution in [0.5, 0.6) is 0 Å². The molecule has 1 aliphatic carbocycles. The van der Waals surface area contributed by atoms with Crippen LogP contribution in [0, 0.1) is 11.3 Å². The highest BCUT2D eigenvalue weighted by molar-refractivity contribution is 5.00. The van der Waals surface area contributed by atoms with E-state index in [-0.39, 0.29) is 0 Å². The van der Waals surface area contributed by atoms with E-state index in [1.807, 2.05) is 0 Å². The maximum Gasteiger partial charge on any atom is 0.0274 e. The summed E-state index contributed by atoms with van der Waals surface area (Å²) in [6.07, 6.45) is 5.55. The summed E-state index contributed by atoms with van der Waals surface area (Å²) in [7, 11) is 0.